The summed E-state index contributed by atoms with van der Waals surface area (Å²) >= 11 is 0. The highest BCUT2D eigenvalue weighted by Crippen LogP contribution is 2.37. The molecule has 0 spiro atoms. The molecule has 1 fully saturated rings. The zero-order chi connectivity index (χ0) is 15.5. The smallest absolute Gasteiger partial charge is 0.339 e. The molecule has 0 amide bonds. The van der Waals surface area contributed by atoms with Gasteiger partial charge < -0.3 is 14.8 Å². The zero-order valence-corrected chi connectivity index (χ0v) is 12.8. The van der Waals surface area contributed by atoms with E-state index < -0.39 is 5.97 Å². The third kappa shape index (κ3) is 3.07. The van der Waals surface area contributed by atoms with E-state index in [1.54, 1.807) is 13.0 Å². The number of aryl methyl sites for hydroxylation is 1. The first-order valence-electron chi connectivity index (χ1n) is 7.76. The normalized spacial score (nSPS) is 14.8. The van der Waals surface area contributed by atoms with Crippen molar-refractivity contribution < 1.29 is 14.3 Å². The summed E-state index contributed by atoms with van der Waals surface area (Å²) < 4.78 is 5.48. The maximum absolute atomic E-state index is 11.0. The van der Waals surface area contributed by atoms with Crippen LogP contribution in [0.4, 0.5) is 0 Å². The van der Waals surface area contributed by atoms with Crippen molar-refractivity contribution in [1.82, 2.24) is 5.32 Å². The SMILES string of the molecule is Cc1oc(CNCc2ccccc2C2CCC2)cc1C(=O)O. The minimum atomic E-state index is -0.942. The van der Waals surface area contributed by atoms with E-state index >= 15 is 0 Å². The zero-order valence-electron chi connectivity index (χ0n) is 12.8. The molecule has 1 aliphatic rings. The van der Waals surface area contributed by atoms with Gasteiger partial charge in [-0.15, -0.1) is 0 Å². The van der Waals surface area contributed by atoms with E-state index in [0.717, 1.165) is 6.54 Å². The Morgan fingerprint density at radius 2 is 2.09 bits per heavy atom. The van der Waals surface area contributed by atoms with Crippen molar-refractivity contribution in [1.29, 1.82) is 0 Å². The van der Waals surface area contributed by atoms with Crippen molar-refractivity contribution in [3.63, 3.8) is 0 Å². The van der Waals surface area contributed by atoms with Crippen LogP contribution in [0.15, 0.2) is 34.7 Å². The quantitative estimate of drug-likeness (QED) is 0.850. The van der Waals surface area contributed by atoms with Crippen molar-refractivity contribution in [3.05, 3.63) is 58.5 Å². The monoisotopic (exact) mass is 299 g/mol. The molecule has 1 aliphatic carbocycles. The van der Waals surface area contributed by atoms with E-state index in [4.69, 9.17) is 9.52 Å². The van der Waals surface area contributed by atoms with Gasteiger partial charge in [0.2, 0.25) is 0 Å². The lowest BCUT2D eigenvalue weighted by molar-refractivity contribution is 0.0695. The molecule has 2 aromatic rings. The Balaban J connectivity index is 1.61. The van der Waals surface area contributed by atoms with Crippen molar-refractivity contribution in [3.8, 4) is 0 Å². The number of hydrogen-bond acceptors (Lipinski definition) is 3. The Morgan fingerprint density at radius 3 is 2.73 bits per heavy atom. The average molecular weight is 299 g/mol. The minimum absolute atomic E-state index is 0.242. The summed E-state index contributed by atoms with van der Waals surface area (Å²) in [5, 5.41) is 12.4. The number of carbonyl (C=O) groups is 1. The van der Waals surface area contributed by atoms with Crippen LogP contribution in [-0.4, -0.2) is 11.1 Å². The second-order valence-corrected chi connectivity index (χ2v) is 5.92. The molecule has 0 unspecified atom stereocenters. The number of hydrogen-bond donors (Lipinski definition) is 2. The van der Waals surface area contributed by atoms with Crippen molar-refractivity contribution in [2.75, 3.05) is 0 Å². The topological polar surface area (TPSA) is 62.5 Å². The predicted molar refractivity (Wildman–Crippen MR) is 84.0 cm³/mol. The van der Waals surface area contributed by atoms with Crippen molar-refractivity contribution in [2.24, 2.45) is 0 Å². The summed E-state index contributed by atoms with van der Waals surface area (Å²) in [7, 11) is 0. The predicted octanol–water partition coefficient (Wildman–Crippen LogP) is 3.84. The Hall–Kier alpha value is -2.07. The van der Waals surface area contributed by atoms with E-state index in [1.165, 1.54) is 30.4 Å². The van der Waals surface area contributed by atoms with Crippen LogP contribution in [0.3, 0.4) is 0 Å². The molecule has 1 heterocycles. The molecule has 1 aromatic carbocycles. The van der Waals surface area contributed by atoms with Crippen LogP contribution in [0.25, 0.3) is 0 Å². The lowest BCUT2D eigenvalue weighted by Crippen LogP contribution is -2.17. The van der Waals surface area contributed by atoms with Gasteiger partial charge in [-0.3, -0.25) is 0 Å². The molecule has 1 saturated carbocycles. The molecule has 4 nitrogen and oxygen atoms in total. The van der Waals surface area contributed by atoms with E-state index in [2.05, 4.69) is 29.6 Å². The fourth-order valence-corrected chi connectivity index (χ4v) is 2.98. The molecule has 116 valence electrons. The van der Waals surface area contributed by atoms with Gasteiger partial charge in [0.05, 0.1) is 6.54 Å². The number of furan rings is 1. The fraction of sp³-hybridized carbons (Fsp3) is 0.389. The molecule has 4 heteroatoms. The summed E-state index contributed by atoms with van der Waals surface area (Å²) in [6.45, 7) is 2.99. The van der Waals surface area contributed by atoms with Crippen LogP contribution in [0.1, 0.15) is 58.2 Å². The van der Waals surface area contributed by atoms with E-state index in [1.807, 2.05) is 0 Å². The summed E-state index contributed by atoms with van der Waals surface area (Å²) in [6.07, 6.45) is 3.91. The van der Waals surface area contributed by atoms with E-state index in [9.17, 15) is 4.79 Å². The number of carboxylic acid groups (broad SMARTS) is 1. The summed E-state index contributed by atoms with van der Waals surface area (Å²) in [5.41, 5.74) is 3.02. The average Bonchev–Trinajstić information content (AvgIpc) is 2.80. The molecule has 0 saturated heterocycles. The van der Waals surface area contributed by atoms with Gasteiger partial charge in [-0.2, -0.15) is 0 Å². The Bertz CT molecular complexity index is 671. The molecule has 1 aromatic heterocycles. The molecule has 0 radical (unpaired) electrons. The van der Waals surface area contributed by atoms with Gasteiger partial charge in [0.1, 0.15) is 17.1 Å². The highest BCUT2D eigenvalue weighted by molar-refractivity contribution is 5.88. The Labute approximate surface area is 130 Å². The van der Waals surface area contributed by atoms with Crippen LogP contribution in [0, 0.1) is 6.92 Å². The highest BCUT2D eigenvalue weighted by atomic mass is 16.4. The number of benzene rings is 1. The maximum atomic E-state index is 11.0. The number of rotatable bonds is 6. The summed E-state index contributed by atoms with van der Waals surface area (Å²) in [4.78, 5) is 11.0. The van der Waals surface area contributed by atoms with E-state index in [-0.39, 0.29) is 5.56 Å². The number of carboxylic acids is 1. The molecular weight excluding hydrogens is 278 g/mol. The van der Waals surface area contributed by atoms with Crippen LogP contribution >= 0.6 is 0 Å². The third-order valence-corrected chi connectivity index (χ3v) is 4.41. The lowest BCUT2D eigenvalue weighted by Gasteiger charge is -2.28. The number of aromatic carboxylic acids is 1. The third-order valence-electron chi connectivity index (χ3n) is 4.41. The number of nitrogens with one attached hydrogen (secondary N) is 1. The fourth-order valence-electron chi connectivity index (χ4n) is 2.98. The van der Waals surface area contributed by atoms with Gasteiger partial charge in [-0.1, -0.05) is 30.7 Å². The minimum Gasteiger partial charge on any atom is -0.478 e. The van der Waals surface area contributed by atoms with Crippen LogP contribution in [-0.2, 0) is 13.1 Å². The van der Waals surface area contributed by atoms with Gasteiger partial charge in [-0.25, -0.2) is 4.79 Å². The lowest BCUT2D eigenvalue weighted by atomic mass is 9.78. The van der Waals surface area contributed by atoms with Gasteiger partial charge in [0.25, 0.3) is 0 Å². The Kier molecular flexibility index (Phi) is 4.29. The van der Waals surface area contributed by atoms with Crippen molar-refractivity contribution >= 4 is 5.97 Å². The highest BCUT2D eigenvalue weighted by Gasteiger charge is 2.21. The first-order valence-corrected chi connectivity index (χ1v) is 7.76. The maximum Gasteiger partial charge on any atom is 0.339 e. The summed E-state index contributed by atoms with van der Waals surface area (Å²) in [6, 6.07) is 10.2. The second-order valence-electron chi connectivity index (χ2n) is 5.92. The first-order chi connectivity index (χ1) is 10.6. The van der Waals surface area contributed by atoms with Crippen LogP contribution in [0.5, 0.6) is 0 Å². The van der Waals surface area contributed by atoms with E-state index in [0.29, 0.717) is 24.0 Å². The second kappa shape index (κ2) is 6.36. The Morgan fingerprint density at radius 1 is 1.32 bits per heavy atom. The molecular formula is C18H21NO3. The first kappa shape index (κ1) is 14.9. The van der Waals surface area contributed by atoms with Crippen molar-refractivity contribution in [2.45, 2.75) is 45.2 Å². The summed E-state index contributed by atoms with van der Waals surface area (Å²) in [5.74, 6) is 0.889. The molecule has 0 atom stereocenters. The molecule has 22 heavy (non-hydrogen) atoms. The molecule has 0 aliphatic heterocycles. The van der Waals surface area contributed by atoms with Crippen LogP contribution in [0.2, 0.25) is 0 Å². The van der Waals surface area contributed by atoms with Gasteiger partial charge in [0.15, 0.2) is 0 Å². The van der Waals surface area contributed by atoms with Crippen LogP contribution < -0.4 is 5.32 Å². The molecule has 2 N–H and O–H groups in total. The molecule has 3 rings (SSSR count). The standard InChI is InChI=1S/C18H21NO3/c1-12-17(18(20)21)9-15(22-12)11-19-10-14-5-2-3-8-16(14)13-6-4-7-13/h2-3,5,8-9,13,19H,4,6-7,10-11H2,1H3,(H,20,21). The largest absolute Gasteiger partial charge is 0.478 e. The molecule has 0 bridgehead atoms. The van der Waals surface area contributed by atoms with Gasteiger partial charge in [-0.05, 0) is 42.9 Å². The van der Waals surface area contributed by atoms with Gasteiger partial charge >= 0.3 is 5.97 Å². The van der Waals surface area contributed by atoms with Gasteiger partial charge in [0, 0.05) is 6.54 Å².